The van der Waals surface area contributed by atoms with Crippen molar-refractivity contribution in [2.45, 2.75) is 26.0 Å². The Morgan fingerprint density at radius 2 is 2.14 bits per heavy atom. The molecule has 0 unspecified atom stereocenters. The monoisotopic (exact) mass is 324 g/mol. The summed E-state index contributed by atoms with van der Waals surface area (Å²) in [5, 5.41) is 0.573. The van der Waals surface area contributed by atoms with E-state index in [0.29, 0.717) is 11.6 Å². The first kappa shape index (κ1) is 16.3. The predicted octanol–water partition coefficient (Wildman–Crippen LogP) is 1.11. The van der Waals surface area contributed by atoms with Crippen molar-refractivity contribution >= 4 is 29.4 Å². The lowest BCUT2D eigenvalue weighted by Crippen LogP contribution is -2.33. The van der Waals surface area contributed by atoms with E-state index in [4.69, 9.17) is 22.1 Å². The number of nitrogens with zero attached hydrogens (tertiary/aromatic N) is 1. The molecule has 0 aliphatic carbocycles. The van der Waals surface area contributed by atoms with E-state index in [-0.39, 0.29) is 18.9 Å². The first-order valence-electron chi connectivity index (χ1n) is 6.89. The molecule has 2 amide bonds. The summed E-state index contributed by atoms with van der Waals surface area (Å²) in [6.07, 6.45) is -0.936. The Bertz CT molecular complexity index is 605. The minimum atomic E-state index is -1.000. The van der Waals surface area contributed by atoms with Gasteiger partial charge in [-0.25, -0.2) is 0 Å². The van der Waals surface area contributed by atoms with E-state index in [1.807, 2.05) is 18.2 Å². The number of hydrogen-bond acceptors (Lipinski definition) is 4. The normalized spacial score (nSPS) is 19.1. The van der Waals surface area contributed by atoms with Gasteiger partial charge in [0, 0.05) is 24.5 Å². The van der Waals surface area contributed by atoms with Crippen LogP contribution in [0, 0.1) is 5.92 Å². The number of primary amides is 1. The SMILES string of the molecule is C[C@@H](OC(=O)[C@@H]1CC(=O)N(Cc2ccccc2Cl)C1)C(N)=O. The highest BCUT2D eigenvalue weighted by Crippen LogP contribution is 2.24. The summed E-state index contributed by atoms with van der Waals surface area (Å²) >= 11 is 6.07. The third-order valence-electron chi connectivity index (χ3n) is 3.56. The highest BCUT2D eigenvalue weighted by Gasteiger charge is 2.36. The first-order chi connectivity index (χ1) is 10.4. The Morgan fingerprint density at radius 3 is 2.77 bits per heavy atom. The van der Waals surface area contributed by atoms with Crippen LogP contribution in [0.1, 0.15) is 18.9 Å². The summed E-state index contributed by atoms with van der Waals surface area (Å²) in [4.78, 5) is 36.4. The molecular weight excluding hydrogens is 308 g/mol. The Morgan fingerprint density at radius 1 is 1.45 bits per heavy atom. The molecule has 2 rings (SSSR count). The van der Waals surface area contributed by atoms with Gasteiger partial charge in [-0.2, -0.15) is 0 Å². The van der Waals surface area contributed by atoms with Crippen LogP contribution in [0.15, 0.2) is 24.3 Å². The number of ether oxygens (including phenoxy) is 1. The van der Waals surface area contributed by atoms with Crippen LogP contribution in [0.4, 0.5) is 0 Å². The minimum absolute atomic E-state index is 0.0643. The van der Waals surface area contributed by atoms with Crippen LogP contribution >= 0.6 is 11.6 Å². The zero-order valence-electron chi connectivity index (χ0n) is 12.1. The second-order valence-corrected chi connectivity index (χ2v) is 5.66. The van der Waals surface area contributed by atoms with Gasteiger partial charge < -0.3 is 15.4 Å². The highest BCUT2D eigenvalue weighted by atomic mass is 35.5. The third-order valence-corrected chi connectivity index (χ3v) is 3.93. The molecule has 1 aromatic rings. The number of nitrogens with two attached hydrogens (primary N) is 1. The standard InChI is InChI=1S/C15H17ClN2O4/c1-9(14(17)20)22-15(21)11-6-13(19)18(8-11)7-10-4-2-3-5-12(10)16/h2-5,9,11H,6-8H2,1H3,(H2,17,20)/t9-,11-/m1/s1. The van der Waals surface area contributed by atoms with Gasteiger partial charge in [0.2, 0.25) is 5.91 Å². The van der Waals surface area contributed by atoms with Crippen LogP contribution in [-0.2, 0) is 25.7 Å². The van der Waals surface area contributed by atoms with E-state index in [1.165, 1.54) is 6.92 Å². The van der Waals surface area contributed by atoms with Gasteiger partial charge in [-0.1, -0.05) is 29.8 Å². The van der Waals surface area contributed by atoms with Gasteiger partial charge in [0.15, 0.2) is 6.10 Å². The molecule has 1 aliphatic heterocycles. The quantitative estimate of drug-likeness (QED) is 0.821. The van der Waals surface area contributed by atoms with Gasteiger partial charge in [-0.15, -0.1) is 0 Å². The first-order valence-corrected chi connectivity index (χ1v) is 7.27. The van der Waals surface area contributed by atoms with E-state index < -0.39 is 23.9 Å². The molecule has 22 heavy (non-hydrogen) atoms. The van der Waals surface area contributed by atoms with E-state index in [2.05, 4.69) is 0 Å². The molecular formula is C15H17ClN2O4. The Hall–Kier alpha value is -2.08. The van der Waals surface area contributed by atoms with Gasteiger partial charge in [-0.3, -0.25) is 14.4 Å². The Balaban J connectivity index is 1.97. The largest absolute Gasteiger partial charge is 0.452 e. The molecule has 0 bridgehead atoms. The van der Waals surface area contributed by atoms with Crippen LogP contribution in [0.25, 0.3) is 0 Å². The van der Waals surface area contributed by atoms with Gasteiger partial charge in [0.05, 0.1) is 5.92 Å². The molecule has 1 fully saturated rings. The lowest BCUT2D eigenvalue weighted by atomic mass is 10.1. The Kier molecular flexibility index (Phi) is 5.03. The number of hydrogen-bond donors (Lipinski definition) is 1. The van der Waals surface area contributed by atoms with Gasteiger partial charge in [-0.05, 0) is 18.6 Å². The summed E-state index contributed by atoms with van der Waals surface area (Å²) in [5.74, 6) is -2.03. The molecule has 2 atom stereocenters. The van der Waals surface area contributed by atoms with Crippen molar-refractivity contribution in [2.75, 3.05) is 6.54 Å². The number of likely N-dealkylation sites (tertiary alicyclic amines) is 1. The van der Waals surface area contributed by atoms with Crippen LogP contribution in [0.2, 0.25) is 5.02 Å². The molecule has 1 aromatic carbocycles. The van der Waals surface area contributed by atoms with Crippen LogP contribution in [-0.4, -0.2) is 35.3 Å². The molecule has 118 valence electrons. The number of rotatable bonds is 5. The molecule has 1 saturated heterocycles. The van der Waals surface area contributed by atoms with Crippen LogP contribution in [0.5, 0.6) is 0 Å². The third kappa shape index (κ3) is 3.76. The van der Waals surface area contributed by atoms with Gasteiger partial charge in [0.1, 0.15) is 0 Å². The molecule has 0 radical (unpaired) electrons. The predicted molar refractivity (Wildman–Crippen MR) is 79.7 cm³/mol. The molecule has 1 heterocycles. The van der Waals surface area contributed by atoms with Crippen molar-refractivity contribution in [3.8, 4) is 0 Å². The van der Waals surface area contributed by atoms with Gasteiger partial charge in [0.25, 0.3) is 5.91 Å². The summed E-state index contributed by atoms with van der Waals surface area (Å²) in [6.45, 7) is 1.99. The van der Waals surface area contributed by atoms with Crippen molar-refractivity contribution in [1.29, 1.82) is 0 Å². The number of carbonyl (C=O) groups is 3. The summed E-state index contributed by atoms with van der Waals surface area (Å²) in [5.41, 5.74) is 5.86. The molecule has 0 spiro atoms. The summed E-state index contributed by atoms with van der Waals surface area (Å²) < 4.78 is 4.95. The average molecular weight is 325 g/mol. The van der Waals surface area contributed by atoms with Crippen LogP contribution < -0.4 is 5.73 Å². The van der Waals surface area contributed by atoms with Crippen molar-refractivity contribution in [2.24, 2.45) is 11.7 Å². The smallest absolute Gasteiger partial charge is 0.312 e. The maximum absolute atomic E-state index is 12.0. The number of carbonyl (C=O) groups excluding carboxylic acids is 3. The zero-order valence-corrected chi connectivity index (χ0v) is 12.9. The van der Waals surface area contributed by atoms with E-state index in [1.54, 1.807) is 11.0 Å². The Labute approximate surface area is 133 Å². The van der Waals surface area contributed by atoms with E-state index >= 15 is 0 Å². The minimum Gasteiger partial charge on any atom is -0.452 e. The lowest BCUT2D eigenvalue weighted by Gasteiger charge is -2.17. The van der Waals surface area contributed by atoms with E-state index in [9.17, 15) is 14.4 Å². The topological polar surface area (TPSA) is 89.7 Å². The van der Waals surface area contributed by atoms with Crippen molar-refractivity contribution < 1.29 is 19.1 Å². The van der Waals surface area contributed by atoms with Crippen molar-refractivity contribution in [1.82, 2.24) is 4.90 Å². The summed E-state index contributed by atoms with van der Waals surface area (Å²) in [6, 6.07) is 7.22. The number of halogens is 1. The number of esters is 1. The number of benzene rings is 1. The molecule has 0 aromatic heterocycles. The maximum Gasteiger partial charge on any atom is 0.312 e. The fourth-order valence-electron chi connectivity index (χ4n) is 2.24. The van der Waals surface area contributed by atoms with Crippen LogP contribution in [0.3, 0.4) is 0 Å². The van der Waals surface area contributed by atoms with Crippen molar-refractivity contribution in [3.63, 3.8) is 0 Å². The molecule has 2 N–H and O–H groups in total. The van der Waals surface area contributed by atoms with Gasteiger partial charge >= 0.3 is 5.97 Å². The zero-order chi connectivity index (χ0) is 16.3. The second-order valence-electron chi connectivity index (χ2n) is 5.25. The average Bonchev–Trinajstić information content (AvgIpc) is 2.82. The maximum atomic E-state index is 12.0. The molecule has 7 heteroatoms. The summed E-state index contributed by atoms with van der Waals surface area (Å²) in [7, 11) is 0. The highest BCUT2D eigenvalue weighted by molar-refractivity contribution is 6.31. The fourth-order valence-corrected chi connectivity index (χ4v) is 2.44. The van der Waals surface area contributed by atoms with Crippen molar-refractivity contribution in [3.05, 3.63) is 34.9 Å². The van der Waals surface area contributed by atoms with E-state index in [0.717, 1.165) is 5.56 Å². The second kappa shape index (κ2) is 6.79. The molecule has 1 aliphatic rings. The fraction of sp³-hybridized carbons (Fsp3) is 0.400. The lowest BCUT2D eigenvalue weighted by molar-refractivity contribution is -0.157. The number of amides is 2. The molecule has 6 nitrogen and oxygen atoms in total. The molecule has 0 saturated carbocycles.